The molecule has 26 heavy (non-hydrogen) atoms. The first-order chi connectivity index (χ1) is 12.5. The molecular formula is C19H32O7. The van der Waals surface area contributed by atoms with Crippen LogP contribution in [-0.2, 0) is 19.1 Å². The average molecular weight is 372 g/mol. The van der Waals surface area contributed by atoms with Gasteiger partial charge in [0.25, 0.3) is 0 Å². The second kappa shape index (κ2) is 21.2. The summed E-state index contributed by atoms with van der Waals surface area (Å²) in [5.74, 6) is 0.141. The van der Waals surface area contributed by atoms with Crippen LogP contribution in [0.25, 0.3) is 0 Å². The molecular weight excluding hydrogens is 340 g/mol. The minimum atomic E-state index is -0.369. The number of Topliss-reactive ketones (excluding diaryl/α,β-unsaturated/α-hetero) is 1. The molecule has 2 N–H and O–H groups in total. The van der Waals surface area contributed by atoms with Gasteiger partial charge in [-0.3, -0.25) is 4.79 Å². The molecule has 7 nitrogen and oxygen atoms in total. The summed E-state index contributed by atoms with van der Waals surface area (Å²) in [6, 6.07) is 8.81. The first-order valence-electron chi connectivity index (χ1n) is 8.64. The number of ketones is 1. The lowest BCUT2D eigenvalue weighted by Gasteiger charge is -2.02. The Morgan fingerprint density at radius 1 is 0.885 bits per heavy atom. The Bertz CT molecular complexity index is 429. The highest BCUT2D eigenvalue weighted by Crippen LogP contribution is 2.09. The zero-order valence-corrected chi connectivity index (χ0v) is 16.0. The SMILES string of the molecule is CC(=O)CCC(=O)Oc1ccccc1.CCOCC.OCCOCCO. The van der Waals surface area contributed by atoms with Gasteiger partial charge in [0, 0.05) is 19.6 Å². The fourth-order valence-electron chi connectivity index (χ4n) is 1.38. The quantitative estimate of drug-likeness (QED) is 0.368. The molecule has 0 radical (unpaired) electrons. The zero-order chi connectivity index (χ0) is 20.0. The van der Waals surface area contributed by atoms with Crippen molar-refractivity contribution < 1.29 is 34.0 Å². The number of carbonyl (C=O) groups excluding carboxylic acids is 2. The van der Waals surface area contributed by atoms with Crippen LogP contribution < -0.4 is 4.74 Å². The smallest absolute Gasteiger partial charge is 0.311 e. The molecule has 0 fully saturated rings. The van der Waals surface area contributed by atoms with Gasteiger partial charge in [-0.05, 0) is 32.9 Å². The monoisotopic (exact) mass is 372 g/mol. The highest BCUT2D eigenvalue weighted by molar-refractivity contribution is 5.81. The lowest BCUT2D eigenvalue weighted by molar-refractivity contribution is -0.135. The minimum Gasteiger partial charge on any atom is -0.427 e. The van der Waals surface area contributed by atoms with Crippen LogP contribution in [0.4, 0.5) is 0 Å². The third kappa shape index (κ3) is 22.2. The largest absolute Gasteiger partial charge is 0.427 e. The second-order valence-corrected chi connectivity index (χ2v) is 4.83. The van der Waals surface area contributed by atoms with Crippen molar-refractivity contribution in [1.29, 1.82) is 0 Å². The number of aliphatic hydroxyl groups is 2. The van der Waals surface area contributed by atoms with E-state index < -0.39 is 0 Å². The van der Waals surface area contributed by atoms with Gasteiger partial charge in [-0.15, -0.1) is 0 Å². The number of aliphatic hydroxyl groups excluding tert-OH is 2. The predicted octanol–water partition coefficient (Wildman–Crippen LogP) is 1.99. The number of hydrogen-bond donors (Lipinski definition) is 2. The molecule has 0 saturated carbocycles. The maximum absolute atomic E-state index is 11.1. The zero-order valence-electron chi connectivity index (χ0n) is 16.0. The minimum absolute atomic E-state index is 0.00462. The highest BCUT2D eigenvalue weighted by atomic mass is 16.5. The summed E-state index contributed by atoms with van der Waals surface area (Å²) in [6.07, 6.45) is 0.385. The van der Waals surface area contributed by atoms with Gasteiger partial charge in [-0.25, -0.2) is 0 Å². The van der Waals surface area contributed by atoms with Gasteiger partial charge in [0.05, 0.1) is 32.8 Å². The van der Waals surface area contributed by atoms with Gasteiger partial charge in [0.1, 0.15) is 11.5 Å². The third-order valence-corrected chi connectivity index (χ3v) is 2.54. The van der Waals surface area contributed by atoms with Crippen molar-refractivity contribution in [3.8, 4) is 5.75 Å². The fourth-order valence-corrected chi connectivity index (χ4v) is 1.38. The Morgan fingerprint density at radius 2 is 1.42 bits per heavy atom. The summed E-state index contributed by atoms with van der Waals surface area (Å²) in [6.45, 7) is 7.82. The molecule has 0 aromatic heterocycles. The van der Waals surface area contributed by atoms with Gasteiger partial charge >= 0.3 is 5.97 Å². The second-order valence-electron chi connectivity index (χ2n) is 4.83. The molecule has 0 bridgehead atoms. The van der Waals surface area contributed by atoms with E-state index in [-0.39, 0.29) is 37.8 Å². The molecule has 1 rings (SSSR count). The van der Waals surface area contributed by atoms with Gasteiger partial charge < -0.3 is 29.2 Å². The molecule has 0 aliphatic rings. The van der Waals surface area contributed by atoms with E-state index in [2.05, 4.69) is 4.74 Å². The topological polar surface area (TPSA) is 102 Å². The summed E-state index contributed by atoms with van der Waals surface area (Å²) in [7, 11) is 0. The molecule has 0 aliphatic heterocycles. The third-order valence-electron chi connectivity index (χ3n) is 2.54. The summed E-state index contributed by atoms with van der Waals surface area (Å²) >= 11 is 0. The van der Waals surface area contributed by atoms with Crippen LogP contribution in [0, 0.1) is 0 Å². The molecule has 0 amide bonds. The molecule has 0 aliphatic carbocycles. The van der Waals surface area contributed by atoms with E-state index in [1.807, 2.05) is 19.9 Å². The Balaban J connectivity index is 0. The molecule has 0 spiro atoms. The molecule has 0 atom stereocenters. The van der Waals surface area contributed by atoms with Crippen molar-refractivity contribution >= 4 is 11.8 Å². The Hall–Kier alpha value is -1.80. The first kappa shape index (κ1) is 26.4. The highest BCUT2D eigenvalue weighted by Gasteiger charge is 2.05. The van der Waals surface area contributed by atoms with Crippen LogP contribution in [-0.4, -0.2) is 61.6 Å². The van der Waals surface area contributed by atoms with Crippen molar-refractivity contribution in [3.05, 3.63) is 30.3 Å². The van der Waals surface area contributed by atoms with Crippen LogP contribution >= 0.6 is 0 Å². The van der Waals surface area contributed by atoms with Crippen LogP contribution in [0.3, 0.4) is 0 Å². The lowest BCUT2D eigenvalue weighted by Crippen LogP contribution is -2.09. The molecule has 7 heteroatoms. The Morgan fingerprint density at radius 3 is 1.81 bits per heavy atom. The number of hydrogen-bond acceptors (Lipinski definition) is 7. The average Bonchev–Trinajstić information content (AvgIpc) is 2.63. The Labute approximate surface area is 155 Å². The Kier molecular flexibility index (Phi) is 21.6. The molecule has 1 aromatic carbocycles. The molecule has 1 aromatic rings. The van der Waals surface area contributed by atoms with Gasteiger partial charge in [-0.1, -0.05) is 18.2 Å². The van der Waals surface area contributed by atoms with Gasteiger partial charge in [0.15, 0.2) is 0 Å². The number of rotatable bonds is 10. The van der Waals surface area contributed by atoms with Crippen molar-refractivity contribution in [2.45, 2.75) is 33.6 Å². The maximum Gasteiger partial charge on any atom is 0.311 e. The van der Waals surface area contributed by atoms with E-state index >= 15 is 0 Å². The van der Waals surface area contributed by atoms with E-state index in [4.69, 9.17) is 19.7 Å². The predicted molar refractivity (Wildman–Crippen MR) is 99.1 cm³/mol. The molecule has 0 unspecified atom stereocenters. The number of benzene rings is 1. The summed E-state index contributed by atoms with van der Waals surface area (Å²) in [4.78, 5) is 21.7. The van der Waals surface area contributed by atoms with Crippen molar-refractivity contribution in [2.24, 2.45) is 0 Å². The fraction of sp³-hybridized carbons (Fsp3) is 0.579. The van der Waals surface area contributed by atoms with Crippen molar-refractivity contribution in [1.82, 2.24) is 0 Å². The van der Waals surface area contributed by atoms with E-state index in [9.17, 15) is 9.59 Å². The first-order valence-corrected chi connectivity index (χ1v) is 8.64. The van der Waals surface area contributed by atoms with E-state index in [1.165, 1.54) is 6.92 Å². The van der Waals surface area contributed by atoms with Crippen LogP contribution in [0.5, 0.6) is 5.75 Å². The van der Waals surface area contributed by atoms with Crippen molar-refractivity contribution in [3.63, 3.8) is 0 Å². The number of ether oxygens (including phenoxy) is 3. The molecule has 150 valence electrons. The van der Waals surface area contributed by atoms with Gasteiger partial charge in [0.2, 0.25) is 0 Å². The molecule has 0 heterocycles. The number of esters is 1. The summed E-state index contributed by atoms with van der Waals surface area (Å²) in [5.41, 5.74) is 0. The molecule has 0 saturated heterocycles. The van der Waals surface area contributed by atoms with Crippen LogP contribution in [0.1, 0.15) is 33.6 Å². The van der Waals surface area contributed by atoms with Crippen molar-refractivity contribution in [2.75, 3.05) is 39.6 Å². The normalized spacial score (nSPS) is 9.27. The van der Waals surface area contributed by atoms with E-state index in [0.717, 1.165) is 13.2 Å². The summed E-state index contributed by atoms with van der Waals surface area (Å²) < 4.78 is 14.4. The summed E-state index contributed by atoms with van der Waals surface area (Å²) in [5, 5.41) is 16.2. The van der Waals surface area contributed by atoms with E-state index in [1.54, 1.807) is 24.3 Å². The van der Waals surface area contributed by atoms with Crippen LogP contribution in [0.15, 0.2) is 30.3 Å². The van der Waals surface area contributed by atoms with Crippen LogP contribution in [0.2, 0.25) is 0 Å². The lowest BCUT2D eigenvalue weighted by atomic mass is 10.2. The van der Waals surface area contributed by atoms with Gasteiger partial charge in [-0.2, -0.15) is 0 Å². The number of para-hydroxylation sites is 1. The maximum atomic E-state index is 11.1. The van der Waals surface area contributed by atoms with E-state index in [0.29, 0.717) is 19.0 Å². The number of carbonyl (C=O) groups is 2. The standard InChI is InChI=1S/C11H12O3.C4H10O3.C4H10O/c1-9(12)7-8-11(13)14-10-5-3-2-4-6-10;5-1-3-7-4-2-6;1-3-5-4-2/h2-6H,7-8H2,1H3;5-6H,1-4H2;3-4H2,1-2H3.